The van der Waals surface area contributed by atoms with Gasteiger partial charge in [0.25, 0.3) is 0 Å². The number of carbonyl (C=O) groups excluding carboxylic acids is 1. The van der Waals surface area contributed by atoms with Gasteiger partial charge in [0.15, 0.2) is 5.75 Å². The first-order chi connectivity index (χ1) is 12.5. The van der Waals surface area contributed by atoms with Crippen molar-refractivity contribution in [2.24, 2.45) is 5.14 Å². The van der Waals surface area contributed by atoms with Crippen molar-refractivity contribution in [1.29, 1.82) is 0 Å². The highest BCUT2D eigenvalue weighted by molar-refractivity contribution is 7.89. The molecular weight excluding hydrogens is 372 g/mol. The van der Waals surface area contributed by atoms with Crippen LogP contribution >= 0.6 is 0 Å². The maximum atomic E-state index is 12.5. The molecule has 0 atom stereocenters. The number of nitrogens with zero attached hydrogens (tertiary/aromatic N) is 3. The van der Waals surface area contributed by atoms with E-state index in [1.807, 2.05) is 0 Å². The number of aromatic nitrogens is 2. The van der Waals surface area contributed by atoms with Crippen molar-refractivity contribution in [3.63, 3.8) is 0 Å². The van der Waals surface area contributed by atoms with Gasteiger partial charge in [0.2, 0.25) is 15.9 Å². The summed E-state index contributed by atoms with van der Waals surface area (Å²) in [7, 11) is 0.875. The average molecular weight is 394 g/mol. The van der Waals surface area contributed by atoms with Crippen LogP contribution in [-0.4, -0.2) is 50.4 Å². The lowest BCUT2D eigenvalue weighted by Gasteiger charge is -2.27. The second-order valence-corrected chi connectivity index (χ2v) is 8.08. The van der Waals surface area contributed by atoms with Crippen LogP contribution in [0.4, 0.5) is 0 Å². The van der Waals surface area contributed by atoms with Crippen molar-refractivity contribution >= 4 is 15.9 Å². The minimum Gasteiger partial charge on any atom is -0.493 e. The zero-order chi connectivity index (χ0) is 20.4. The lowest BCUT2D eigenvalue weighted by molar-refractivity contribution is -0.133. The zero-order valence-electron chi connectivity index (χ0n) is 15.8. The summed E-state index contributed by atoms with van der Waals surface area (Å²) in [5, 5.41) is 5.13. The SMILES string of the molecule is COc1cnc(Oc2cccc(S(N)(=O)=O)c2)nc1C(C)(C)C(=O)N(C)C. The average Bonchev–Trinajstić information content (AvgIpc) is 2.60. The van der Waals surface area contributed by atoms with Crippen molar-refractivity contribution in [2.45, 2.75) is 24.2 Å². The van der Waals surface area contributed by atoms with Gasteiger partial charge in [0, 0.05) is 20.2 Å². The summed E-state index contributed by atoms with van der Waals surface area (Å²) in [4.78, 5) is 22.3. The van der Waals surface area contributed by atoms with Crippen molar-refractivity contribution in [3.05, 3.63) is 36.2 Å². The van der Waals surface area contributed by atoms with Gasteiger partial charge < -0.3 is 14.4 Å². The van der Waals surface area contributed by atoms with Crippen LogP contribution in [-0.2, 0) is 20.2 Å². The Balaban J connectivity index is 2.45. The number of amides is 1. The van der Waals surface area contributed by atoms with Crippen LogP contribution in [0.3, 0.4) is 0 Å². The molecule has 146 valence electrons. The molecule has 0 aliphatic carbocycles. The Kier molecular flexibility index (Phi) is 5.71. The van der Waals surface area contributed by atoms with Crippen LogP contribution in [0.15, 0.2) is 35.4 Å². The first-order valence-electron chi connectivity index (χ1n) is 7.91. The van der Waals surface area contributed by atoms with E-state index in [-0.39, 0.29) is 22.6 Å². The molecule has 1 amide bonds. The molecule has 0 unspecified atom stereocenters. The number of likely N-dealkylation sites (N-methyl/N-ethyl adjacent to an activating group) is 1. The van der Waals surface area contributed by atoms with Crippen LogP contribution in [0.2, 0.25) is 0 Å². The van der Waals surface area contributed by atoms with E-state index in [0.29, 0.717) is 11.4 Å². The maximum Gasteiger partial charge on any atom is 0.322 e. The Morgan fingerprint density at radius 2 is 1.93 bits per heavy atom. The number of rotatable bonds is 6. The quantitative estimate of drug-likeness (QED) is 0.782. The van der Waals surface area contributed by atoms with E-state index < -0.39 is 15.4 Å². The number of hydrogen-bond donors (Lipinski definition) is 1. The lowest BCUT2D eigenvalue weighted by atomic mass is 9.87. The Hall–Kier alpha value is -2.72. The van der Waals surface area contributed by atoms with E-state index >= 15 is 0 Å². The van der Waals surface area contributed by atoms with E-state index in [4.69, 9.17) is 14.6 Å². The molecule has 0 spiro atoms. The molecule has 0 saturated carbocycles. The lowest BCUT2D eigenvalue weighted by Crippen LogP contribution is -2.40. The summed E-state index contributed by atoms with van der Waals surface area (Å²) < 4.78 is 33.8. The third-order valence-electron chi connectivity index (χ3n) is 3.83. The van der Waals surface area contributed by atoms with E-state index in [1.54, 1.807) is 27.9 Å². The molecule has 9 nitrogen and oxygen atoms in total. The monoisotopic (exact) mass is 394 g/mol. The van der Waals surface area contributed by atoms with Gasteiger partial charge in [-0.05, 0) is 26.0 Å². The Bertz CT molecular complexity index is 958. The highest BCUT2D eigenvalue weighted by atomic mass is 32.2. The Morgan fingerprint density at radius 3 is 2.48 bits per heavy atom. The van der Waals surface area contributed by atoms with Gasteiger partial charge in [-0.25, -0.2) is 13.6 Å². The smallest absolute Gasteiger partial charge is 0.322 e. The molecule has 1 aromatic heterocycles. The summed E-state index contributed by atoms with van der Waals surface area (Å²) in [5.41, 5.74) is -0.658. The summed E-state index contributed by atoms with van der Waals surface area (Å²) in [6.45, 7) is 3.43. The third-order valence-corrected chi connectivity index (χ3v) is 4.74. The molecule has 0 radical (unpaired) electrons. The molecule has 0 bridgehead atoms. The fraction of sp³-hybridized carbons (Fsp3) is 0.353. The molecule has 10 heteroatoms. The highest BCUT2D eigenvalue weighted by Gasteiger charge is 2.36. The largest absolute Gasteiger partial charge is 0.493 e. The minimum atomic E-state index is -3.87. The summed E-state index contributed by atoms with van der Waals surface area (Å²) in [6.07, 6.45) is 1.39. The zero-order valence-corrected chi connectivity index (χ0v) is 16.6. The first kappa shape index (κ1) is 20.6. The standard InChI is InChI=1S/C17H22N4O5S/c1-17(2,15(22)21(3)4)14-13(25-5)10-19-16(20-14)26-11-7-6-8-12(9-11)27(18,23)24/h6-10H,1-5H3,(H2,18,23,24). The Labute approximate surface area is 158 Å². The molecule has 1 heterocycles. The number of nitrogens with two attached hydrogens (primary N) is 1. The third kappa shape index (κ3) is 4.52. The first-order valence-corrected chi connectivity index (χ1v) is 9.45. The van der Waals surface area contributed by atoms with E-state index in [1.165, 1.54) is 42.5 Å². The van der Waals surface area contributed by atoms with Gasteiger partial charge in [0.05, 0.1) is 23.6 Å². The second-order valence-electron chi connectivity index (χ2n) is 6.52. The van der Waals surface area contributed by atoms with Crippen molar-refractivity contribution < 1.29 is 22.7 Å². The number of sulfonamides is 1. The highest BCUT2D eigenvalue weighted by Crippen LogP contribution is 2.33. The van der Waals surface area contributed by atoms with Gasteiger partial charge in [0.1, 0.15) is 11.4 Å². The molecule has 0 aliphatic heterocycles. The number of benzene rings is 1. The molecule has 2 rings (SSSR count). The number of ether oxygens (including phenoxy) is 2. The molecular formula is C17H22N4O5S. The molecule has 2 aromatic rings. The molecule has 1 aromatic carbocycles. The van der Waals surface area contributed by atoms with Gasteiger partial charge in [-0.2, -0.15) is 9.97 Å². The van der Waals surface area contributed by atoms with E-state index in [2.05, 4.69) is 9.97 Å². The predicted molar refractivity (Wildman–Crippen MR) is 98.2 cm³/mol. The molecule has 0 aliphatic rings. The normalized spacial score (nSPS) is 11.8. The van der Waals surface area contributed by atoms with Crippen LogP contribution in [0.5, 0.6) is 17.5 Å². The number of methoxy groups -OCH3 is 1. The van der Waals surface area contributed by atoms with Gasteiger partial charge in [-0.3, -0.25) is 4.79 Å². The van der Waals surface area contributed by atoms with Gasteiger partial charge in [-0.15, -0.1) is 0 Å². The fourth-order valence-electron chi connectivity index (χ4n) is 2.48. The van der Waals surface area contributed by atoms with Crippen LogP contribution < -0.4 is 14.6 Å². The minimum absolute atomic E-state index is 0.0583. The molecule has 2 N–H and O–H groups in total. The summed E-state index contributed by atoms with van der Waals surface area (Å²) in [5.74, 6) is 0.344. The Morgan fingerprint density at radius 1 is 1.26 bits per heavy atom. The maximum absolute atomic E-state index is 12.5. The van der Waals surface area contributed by atoms with Crippen molar-refractivity contribution in [1.82, 2.24) is 14.9 Å². The van der Waals surface area contributed by atoms with E-state index in [0.717, 1.165) is 0 Å². The van der Waals surface area contributed by atoms with Gasteiger partial charge in [-0.1, -0.05) is 6.07 Å². The molecule has 27 heavy (non-hydrogen) atoms. The van der Waals surface area contributed by atoms with Crippen LogP contribution in [0.25, 0.3) is 0 Å². The summed E-state index contributed by atoms with van der Waals surface area (Å²) in [6, 6.07) is 5.58. The predicted octanol–water partition coefficient (Wildman–Crippen LogP) is 1.29. The number of carbonyl (C=O) groups is 1. The van der Waals surface area contributed by atoms with Crippen LogP contribution in [0, 0.1) is 0 Å². The number of primary sulfonamides is 1. The van der Waals surface area contributed by atoms with E-state index in [9.17, 15) is 13.2 Å². The van der Waals surface area contributed by atoms with Crippen LogP contribution in [0.1, 0.15) is 19.5 Å². The van der Waals surface area contributed by atoms with Crippen molar-refractivity contribution in [3.8, 4) is 17.5 Å². The van der Waals surface area contributed by atoms with Crippen molar-refractivity contribution in [2.75, 3.05) is 21.2 Å². The van der Waals surface area contributed by atoms with Gasteiger partial charge >= 0.3 is 6.01 Å². The molecule has 0 saturated heterocycles. The second kappa shape index (κ2) is 7.49. The topological polar surface area (TPSA) is 125 Å². The summed E-state index contributed by atoms with van der Waals surface area (Å²) >= 11 is 0. The number of hydrogen-bond acceptors (Lipinski definition) is 7. The fourth-order valence-corrected chi connectivity index (χ4v) is 3.03. The molecule has 0 fully saturated rings.